The number of nitrogens with zero attached hydrogens (tertiary/aromatic N) is 1. The molecular formula is C16H21F2NO2. The van der Waals surface area contributed by atoms with Crippen LogP contribution >= 0.6 is 0 Å². The molecular weight excluding hydrogens is 276 g/mol. The van der Waals surface area contributed by atoms with Gasteiger partial charge in [-0.2, -0.15) is 0 Å². The number of aliphatic carboxylic acids is 1. The SMILES string of the molecule is CC(C)C1(C(=O)O)CCN(Cc2cccc(C(F)F)c2)C1. The van der Waals surface area contributed by atoms with E-state index in [1.165, 1.54) is 12.1 Å². The Bertz CT molecular complexity index is 519. The highest BCUT2D eigenvalue weighted by molar-refractivity contribution is 5.75. The summed E-state index contributed by atoms with van der Waals surface area (Å²) in [6, 6.07) is 6.34. The van der Waals surface area contributed by atoms with E-state index < -0.39 is 17.8 Å². The summed E-state index contributed by atoms with van der Waals surface area (Å²) in [5.74, 6) is -0.714. The van der Waals surface area contributed by atoms with Crippen molar-refractivity contribution in [3.05, 3.63) is 35.4 Å². The first kappa shape index (κ1) is 15.9. The molecule has 0 radical (unpaired) electrons. The molecule has 5 heteroatoms. The first-order valence-corrected chi connectivity index (χ1v) is 7.18. The molecule has 1 aromatic carbocycles. The number of alkyl halides is 2. The number of carbonyl (C=O) groups is 1. The molecule has 21 heavy (non-hydrogen) atoms. The van der Waals surface area contributed by atoms with Gasteiger partial charge in [0, 0.05) is 18.7 Å². The van der Waals surface area contributed by atoms with E-state index in [4.69, 9.17) is 0 Å². The number of halogens is 2. The van der Waals surface area contributed by atoms with Gasteiger partial charge < -0.3 is 5.11 Å². The second-order valence-electron chi connectivity index (χ2n) is 6.12. The lowest BCUT2D eigenvalue weighted by atomic mass is 9.76. The highest BCUT2D eigenvalue weighted by atomic mass is 19.3. The van der Waals surface area contributed by atoms with Gasteiger partial charge in [0.15, 0.2) is 0 Å². The van der Waals surface area contributed by atoms with E-state index in [9.17, 15) is 18.7 Å². The lowest BCUT2D eigenvalue weighted by Gasteiger charge is -2.28. The van der Waals surface area contributed by atoms with Gasteiger partial charge in [0.05, 0.1) is 5.41 Å². The van der Waals surface area contributed by atoms with Crippen molar-refractivity contribution in [1.29, 1.82) is 0 Å². The lowest BCUT2D eigenvalue weighted by Crippen LogP contribution is -2.39. The van der Waals surface area contributed by atoms with Crippen LogP contribution in [0.3, 0.4) is 0 Å². The maximum atomic E-state index is 12.7. The minimum atomic E-state index is -2.47. The van der Waals surface area contributed by atoms with Crippen molar-refractivity contribution in [2.24, 2.45) is 11.3 Å². The van der Waals surface area contributed by atoms with Crippen molar-refractivity contribution in [2.75, 3.05) is 13.1 Å². The Morgan fingerprint density at radius 3 is 2.67 bits per heavy atom. The van der Waals surface area contributed by atoms with Crippen LogP contribution in [0.15, 0.2) is 24.3 Å². The molecule has 1 aliphatic rings. The largest absolute Gasteiger partial charge is 0.481 e. The Hall–Kier alpha value is -1.49. The number of hydrogen-bond donors (Lipinski definition) is 1. The zero-order valence-corrected chi connectivity index (χ0v) is 12.4. The third kappa shape index (κ3) is 3.23. The van der Waals surface area contributed by atoms with Crippen molar-refractivity contribution in [3.8, 4) is 0 Å². The molecule has 1 saturated heterocycles. The minimum Gasteiger partial charge on any atom is -0.481 e. The van der Waals surface area contributed by atoms with E-state index in [1.54, 1.807) is 6.07 Å². The maximum absolute atomic E-state index is 12.7. The van der Waals surface area contributed by atoms with Crippen LogP contribution in [-0.4, -0.2) is 29.1 Å². The summed E-state index contributed by atoms with van der Waals surface area (Å²) in [4.78, 5) is 13.6. The molecule has 0 saturated carbocycles. The fourth-order valence-electron chi connectivity index (χ4n) is 3.03. The first-order chi connectivity index (χ1) is 9.85. The van der Waals surface area contributed by atoms with Crippen molar-refractivity contribution in [3.63, 3.8) is 0 Å². The fourth-order valence-corrected chi connectivity index (χ4v) is 3.03. The molecule has 1 unspecified atom stereocenters. The Morgan fingerprint density at radius 2 is 2.14 bits per heavy atom. The van der Waals surface area contributed by atoms with Crippen molar-refractivity contribution in [2.45, 2.75) is 33.2 Å². The summed E-state index contributed by atoms with van der Waals surface area (Å²) in [6.07, 6.45) is -1.87. The predicted octanol–water partition coefficient (Wildman–Crippen LogP) is 3.56. The molecule has 0 aliphatic carbocycles. The van der Waals surface area contributed by atoms with Crippen LogP contribution in [0.5, 0.6) is 0 Å². The molecule has 0 aromatic heterocycles. The number of carboxylic acids is 1. The molecule has 1 atom stereocenters. The zero-order valence-electron chi connectivity index (χ0n) is 12.4. The molecule has 2 rings (SSSR count). The average Bonchev–Trinajstić information content (AvgIpc) is 2.84. The molecule has 1 aromatic rings. The number of benzene rings is 1. The van der Waals surface area contributed by atoms with Gasteiger partial charge in [-0.25, -0.2) is 8.78 Å². The number of carboxylic acid groups (broad SMARTS) is 1. The van der Waals surface area contributed by atoms with Crippen LogP contribution in [0, 0.1) is 11.3 Å². The van der Waals surface area contributed by atoms with Gasteiger partial charge in [0.25, 0.3) is 6.43 Å². The van der Waals surface area contributed by atoms with Gasteiger partial charge >= 0.3 is 5.97 Å². The minimum absolute atomic E-state index is 0.0139. The van der Waals surface area contributed by atoms with Gasteiger partial charge in [-0.05, 0) is 30.5 Å². The van der Waals surface area contributed by atoms with Gasteiger partial charge in [-0.3, -0.25) is 9.69 Å². The van der Waals surface area contributed by atoms with E-state index in [2.05, 4.69) is 0 Å². The molecule has 1 N–H and O–H groups in total. The number of rotatable bonds is 5. The third-order valence-corrected chi connectivity index (χ3v) is 4.52. The van der Waals surface area contributed by atoms with Crippen LogP contribution in [0.1, 0.15) is 37.8 Å². The van der Waals surface area contributed by atoms with Gasteiger partial charge in [-0.15, -0.1) is 0 Å². The average molecular weight is 297 g/mol. The van der Waals surface area contributed by atoms with Crippen LogP contribution in [-0.2, 0) is 11.3 Å². The van der Waals surface area contributed by atoms with Gasteiger partial charge in [0.1, 0.15) is 0 Å². The molecule has 0 spiro atoms. The number of likely N-dealkylation sites (tertiary alicyclic amines) is 1. The van der Waals surface area contributed by atoms with E-state index >= 15 is 0 Å². The van der Waals surface area contributed by atoms with Crippen LogP contribution in [0.2, 0.25) is 0 Å². The molecule has 3 nitrogen and oxygen atoms in total. The summed E-state index contributed by atoms with van der Waals surface area (Å²) in [7, 11) is 0. The van der Waals surface area contributed by atoms with E-state index in [0.29, 0.717) is 26.1 Å². The Morgan fingerprint density at radius 1 is 1.43 bits per heavy atom. The summed E-state index contributed by atoms with van der Waals surface area (Å²) in [5.41, 5.74) is 0.0955. The number of hydrogen-bond acceptors (Lipinski definition) is 2. The van der Waals surface area contributed by atoms with Crippen molar-refractivity contribution in [1.82, 2.24) is 4.90 Å². The summed E-state index contributed by atoms with van der Waals surface area (Å²) >= 11 is 0. The maximum Gasteiger partial charge on any atom is 0.311 e. The Labute approximate surface area is 123 Å². The second kappa shape index (κ2) is 6.10. The highest BCUT2D eigenvalue weighted by Gasteiger charge is 2.47. The molecule has 1 aliphatic heterocycles. The monoisotopic (exact) mass is 297 g/mol. The topological polar surface area (TPSA) is 40.5 Å². The zero-order chi connectivity index (χ0) is 15.6. The highest BCUT2D eigenvalue weighted by Crippen LogP contribution is 2.38. The summed E-state index contributed by atoms with van der Waals surface area (Å²) in [6.45, 7) is 5.52. The van der Waals surface area contributed by atoms with Crippen molar-refractivity contribution >= 4 is 5.97 Å². The van der Waals surface area contributed by atoms with E-state index in [0.717, 1.165) is 5.56 Å². The van der Waals surface area contributed by atoms with Gasteiger partial charge in [-0.1, -0.05) is 32.0 Å². The van der Waals surface area contributed by atoms with E-state index in [1.807, 2.05) is 24.8 Å². The van der Waals surface area contributed by atoms with Gasteiger partial charge in [0.2, 0.25) is 0 Å². The lowest BCUT2D eigenvalue weighted by molar-refractivity contribution is -0.151. The smallest absolute Gasteiger partial charge is 0.311 e. The van der Waals surface area contributed by atoms with Crippen LogP contribution in [0.4, 0.5) is 8.78 Å². The third-order valence-electron chi connectivity index (χ3n) is 4.52. The summed E-state index contributed by atoms with van der Waals surface area (Å²) < 4.78 is 25.4. The normalized spacial score (nSPS) is 23.1. The summed E-state index contributed by atoms with van der Waals surface area (Å²) in [5, 5.41) is 9.51. The van der Waals surface area contributed by atoms with E-state index in [-0.39, 0.29) is 11.5 Å². The molecule has 1 fully saturated rings. The Balaban J connectivity index is 2.09. The van der Waals surface area contributed by atoms with Crippen LogP contribution in [0.25, 0.3) is 0 Å². The van der Waals surface area contributed by atoms with Crippen LogP contribution < -0.4 is 0 Å². The first-order valence-electron chi connectivity index (χ1n) is 7.18. The molecule has 0 amide bonds. The predicted molar refractivity (Wildman–Crippen MR) is 76.2 cm³/mol. The Kier molecular flexibility index (Phi) is 4.61. The molecule has 1 heterocycles. The standard InChI is InChI=1S/C16H21F2NO2/c1-11(2)16(15(20)21)6-7-19(10-16)9-12-4-3-5-13(8-12)14(17)18/h3-5,8,11,14H,6-7,9-10H2,1-2H3,(H,20,21). The molecule has 0 bridgehead atoms. The van der Waals surface area contributed by atoms with Crippen molar-refractivity contribution < 1.29 is 18.7 Å². The quantitative estimate of drug-likeness (QED) is 0.903. The second-order valence-corrected chi connectivity index (χ2v) is 6.12. The fraction of sp³-hybridized carbons (Fsp3) is 0.562. The molecule has 116 valence electrons.